The van der Waals surface area contributed by atoms with Crippen molar-refractivity contribution in [3.63, 3.8) is 0 Å². The number of hydrogen-bond donors (Lipinski definition) is 3. The topological polar surface area (TPSA) is 130 Å². The summed E-state index contributed by atoms with van der Waals surface area (Å²) in [6, 6.07) is 13.6. The maximum Gasteiger partial charge on any atom is 0.327 e. The highest BCUT2D eigenvalue weighted by atomic mass is 16.2. The number of nitrogens with one attached hydrogen (secondary N) is 3. The fourth-order valence-corrected chi connectivity index (χ4v) is 3.12. The minimum Gasteiger partial charge on any atom is -0.308 e. The second kappa shape index (κ2) is 7.63. The van der Waals surface area contributed by atoms with Crippen molar-refractivity contribution in [1.29, 1.82) is 0 Å². The van der Waals surface area contributed by atoms with Crippen molar-refractivity contribution in [2.75, 3.05) is 5.32 Å². The molecule has 9 heteroatoms. The third-order valence-corrected chi connectivity index (χ3v) is 4.56. The van der Waals surface area contributed by atoms with Crippen LogP contribution < -0.4 is 22.1 Å². The molecule has 3 aromatic heterocycles. The van der Waals surface area contributed by atoms with Crippen LogP contribution in [0.5, 0.6) is 0 Å². The van der Waals surface area contributed by atoms with E-state index in [0.717, 1.165) is 17.2 Å². The van der Waals surface area contributed by atoms with E-state index in [2.05, 4.69) is 15.3 Å². The summed E-state index contributed by atoms with van der Waals surface area (Å²) in [5.41, 5.74) is 0.311. The van der Waals surface area contributed by atoms with Gasteiger partial charge in [-0.15, -0.1) is 0 Å². The fourth-order valence-electron chi connectivity index (χ4n) is 3.12. The van der Waals surface area contributed by atoms with E-state index in [0.29, 0.717) is 11.0 Å². The van der Waals surface area contributed by atoms with Crippen LogP contribution in [0.15, 0.2) is 69.1 Å². The second-order valence-electron chi connectivity index (χ2n) is 6.81. The molecule has 0 bridgehead atoms. The lowest BCUT2D eigenvalue weighted by atomic mass is 10.1. The van der Waals surface area contributed by atoms with Crippen molar-refractivity contribution in [2.45, 2.75) is 13.5 Å². The molecule has 30 heavy (non-hydrogen) atoms. The van der Waals surface area contributed by atoms with Gasteiger partial charge in [0, 0.05) is 17.6 Å². The van der Waals surface area contributed by atoms with Crippen LogP contribution in [0.25, 0.3) is 11.0 Å². The summed E-state index contributed by atoms with van der Waals surface area (Å²) in [5.74, 6) is -0.853. The van der Waals surface area contributed by atoms with E-state index < -0.39 is 22.7 Å². The zero-order chi connectivity index (χ0) is 21.3. The number of hydrogen-bond acceptors (Lipinski definition) is 5. The van der Waals surface area contributed by atoms with Gasteiger partial charge in [0.1, 0.15) is 17.0 Å². The number of carbonyl (C=O) groups excluding carboxylic acids is 1. The smallest absolute Gasteiger partial charge is 0.308 e. The molecule has 3 N–H and O–H groups in total. The predicted octanol–water partition coefficient (Wildman–Crippen LogP) is 1.38. The van der Waals surface area contributed by atoms with Crippen LogP contribution in [0.3, 0.4) is 0 Å². The van der Waals surface area contributed by atoms with Gasteiger partial charge in [-0.2, -0.15) is 0 Å². The molecular weight excluding hydrogens is 386 g/mol. The maximum atomic E-state index is 13.1. The van der Waals surface area contributed by atoms with Gasteiger partial charge in [-0.3, -0.25) is 28.9 Å². The number of aryl methyl sites for hydroxylation is 1. The summed E-state index contributed by atoms with van der Waals surface area (Å²) in [5, 5.41) is 3.00. The summed E-state index contributed by atoms with van der Waals surface area (Å²) >= 11 is 0. The molecule has 150 valence electrons. The third-order valence-electron chi connectivity index (χ3n) is 4.56. The van der Waals surface area contributed by atoms with Gasteiger partial charge in [0.05, 0.1) is 6.54 Å². The van der Waals surface area contributed by atoms with E-state index in [1.54, 1.807) is 18.3 Å². The van der Waals surface area contributed by atoms with Crippen LogP contribution in [0.4, 0.5) is 5.82 Å². The van der Waals surface area contributed by atoms with Gasteiger partial charge in [0.15, 0.2) is 0 Å². The monoisotopic (exact) mass is 403 g/mol. The number of aromatic amines is 2. The minimum absolute atomic E-state index is 0.107. The number of fused-ring (bicyclic) bond motifs is 1. The first-order valence-electron chi connectivity index (χ1n) is 9.10. The Hall–Kier alpha value is -4.27. The van der Waals surface area contributed by atoms with Crippen molar-refractivity contribution >= 4 is 22.8 Å². The standard InChI is InChI=1S/C21H17N5O4/c1-12-4-6-13(7-5-12)11-26-18-14(3-2-8-22-18)9-15(20(26)29)19(28)23-16-10-17(27)25-21(30)24-16/h2-10H,11H2,1H3,(H3,23,24,25,27,28,30). The number of amides is 1. The van der Waals surface area contributed by atoms with Gasteiger partial charge in [-0.05, 0) is 30.7 Å². The summed E-state index contributed by atoms with van der Waals surface area (Å²) in [6.07, 6.45) is 1.58. The molecule has 3 heterocycles. The first-order chi connectivity index (χ1) is 14.4. The SMILES string of the molecule is Cc1ccc(Cn2c(=O)c(C(=O)Nc3cc(=O)[nH]c(=O)[nH]3)cc3cccnc32)cc1. The Morgan fingerprint density at radius 3 is 2.57 bits per heavy atom. The van der Waals surface area contributed by atoms with E-state index in [1.165, 1.54) is 10.6 Å². The lowest BCUT2D eigenvalue weighted by Gasteiger charge is -2.12. The van der Waals surface area contributed by atoms with Crippen LogP contribution in [0, 0.1) is 6.92 Å². The summed E-state index contributed by atoms with van der Waals surface area (Å²) in [6.45, 7) is 2.20. The van der Waals surface area contributed by atoms with Crippen molar-refractivity contribution in [2.24, 2.45) is 0 Å². The van der Waals surface area contributed by atoms with Gasteiger partial charge in [-0.25, -0.2) is 9.78 Å². The van der Waals surface area contributed by atoms with Crippen LogP contribution in [0.1, 0.15) is 21.5 Å². The summed E-state index contributed by atoms with van der Waals surface area (Å²) in [4.78, 5) is 57.4. The zero-order valence-electron chi connectivity index (χ0n) is 15.9. The normalized spacial score (nSPS) is 10.8. The molecule has 0 aliphatic rings. The Labute approximate surface area is 169 Å². The number of pyridine rings is 2. The van der Waals surface area contributed by atoms with Gasteiger partial charge < -0.3 is 5.32 Å². The Kier molecular flexibility index (Phi) is 4.85. The molecule has 0 saturated carbocycles. The Bertz CT molecular complexity index is 1400. The summed E-state index contributed by atoms with van der Waals surface area (Å²) < 4.78 is 1.43. The van der Waals surface area contributed by atoms with Crippen LogP contribution >= 0.6 is 0 Å². The highest BCUT2D eigenvalue weighted by Gasteiger charge is 2.17. The Morgan fingerprint density at radius 1 is 1.07 bits per heavy atom. The minimum atomic E-state index is -0.766. The van der Waals surface area contributed by atoms with Crippen molar-refractivity contribution in [3.05, 3.63) is 103 Å². The average Bonchev–Trinajstić information content (AvgIpc) is 2.70. The fraction of sp³-hybridized carbons (Fsp3) is 0.0952. The molecule has 9 nitrogen and oxygen atoms in total. The molecule has 0 atom stereocenters. The number of rotatable bonds is 4. The van der Waals surface area contributed by atoms with Gasteiger partial charge in [-0.1, -0.05) is 29.8 Å². The molecule has 0 fully saturated rings. The largest absolute Gasteiger partial charge is 0.327 e. The molecule has 1 aromatic carbocycles. The number of benzene rings is 1. The van der Waals surface area contributed by atoms with Crippen molar-refractivity contribution in [1.82, 2.24) is 19.5 Å². The van der Waals surface area contributed by atoms with Gasteiger partial charge in [0.25, 0.3) is 17.0 Å². The van der Waals surface area contributed by atoms with Crippen LogP contribution in [-0.4, -0.2) is 25.4 Å². The molecule has 4 rings (SSSR count). The van der Waals surface area contributed by atoms with E-state index in [9.17, 15) is 19.2 Å². The van der Waals surface area contributed by atoms with Gasteiger partial charge in [0.2, 0.25) is 0 Å². The quantitative estimate of drug-likeness (QED) is 0.474. The van der Waals surface area contributed by atoms with Crippen LogP contribution in [-0.2, 0) is 6.54 Å². The van der Waals surface area contributed by atoms with E-state index in [-0.39, 0.29) is 17.9 Å². The number of carbonyl (C=O) groups is 1. The van der Waals surface area contributed by atoms with E-state index in [1.807, 2.05) is 36.2 Å². The van der Waals surface area contributed by atoms with Crippen LogP contribution in [0.2, 0.25) is 0 Å². The Morgan fingerprint density at radius 2 is 1.83 bits per heavy atom. The Balaban J connectivity index is 1.80. The molecule has 0 aliphatic heterocycles. The van der Waals surface area contributed by atoms with E-state index in [4.69, 9.17) is 0 Å². The van der Waals surface area contributed by atoms with Gasteiger partial charge >= 0.3 is 5.69 Å². The van der Waals surface area contributed by atoms with Crippen molar-refractivity contribution < 1.29 is 4.79 Å². The van der Waals surface area contributed by atoms with E-state index >= 15 is 0 Å². The molecule has 1 amide bonds. The first kappa shape index (κ1) is 19.1. The molecule has 4 aromatic rings. The first-order valence-corrected chi connectivity index (χ1v) is 9.10. The average molecular weight is 403 g/mol. The van der Waals surface area contributed by atoms with Crippen molar-refractivity contribution in [3.8, 4) is 0 Å². The molecular formula is C21H17N5O4. The highest BCUT2D eigenvalue weighted by molar-refractivity contribution is 6.05. The number of anilines is 1. The lowest BCUT2D eigenvalue weighted by molar-refractivity contribution is 0.102. The highest BCUT2D eigenvalue weighted by Crippen LogP contribution is 2.14. The predicted molar refractivity (Wildman–Crippen MR) is 112 cm³/mol. The number of nitrogens with zero attached hydrogens (tertiary/aromatic N) is 2. The number of H-pyrrole nitrogens is 2. The third kappa shape index (κ3) is 3.81. The maximum absolute atomic E-state index is 13.1. The molecule has 0 radical (unpaired) electrons. The zero-order valence-corrected chi connectivity index (χ0v) is 15.9. The number of aromatic nitrogens is 4. The summed E-state index contributed by atoms with van der Waals surface area (Å²) in [7, 11) is 0. The second-order valence-corrected chi connectivity index (χ2v) is 6.81. The molecule has 0 unspecified atom stereocenters. The molecule has 0 saturated heterocycles. The molecule has 0 aliphatic carbocycles. The lowest BCUT2D eigenvalue weighted by Crippen LogP contribution is -2.31. The molecule has 0 spiro atoms.